The molecule has 0 aliphatic rings. The van der Waals surface area contributed by atoms with Crippen molar-refractivity contribution in [3.8, 4) is 5.75 Å². The van der Waals surface area contributed by atoms with E-state index in [1.54, 1.807) is 6.92 Å². The molecule has 106 valence electrons. The second kappa shape index (κ2) is 7.40. The summed E-state index contributed by atoms with van der Waals surface area (Å²) in [5.41, 5.74) is 0.194. The Balaban J connectivity index is 2.32. The van der Waals surface area contributed by atoms with Gasteiger partial charge < -0.3 is 15.2 Å². The Morgan fingerprint density at radius 1 is 1.53 bits per heavy atom. The number of carbonyl (C=O) groups excluding carboxylic acids is 1. The molecule has 0 saturated carbocycles. The molecule has 0 radical (unpaired) electrons. The molecule has 1 aromatic rings. The summed E-state index contributed by atoms with van der Waals surface area (Å²) in [7, 11) is 0. The van der Waals surface area contributed by atoms with E-state index in [9.17, 15) is 9.90 Å². The zero-order valence-electron chi connectivity index (χ0n) is 11.6. The number of nitrogens with one attached hydrogen (secondary N) is 1. The summed E-state index contributed by atoms with van der Waals surface area (Å²) < 4.78 is 5.37. The first-order chi connectivity index (χ1) is 8.93. The van der Waals surface area contributed by atoms with Gasteiger partial charge >= 0.3 is 0 Å². The van der Waals surface area contributed by atoms with Crippen LogP contribution in [0, 0.1) is 6.92 Å². The number of hydrogen-bond acceptors (Lipinski definition) is 4. The van der Waals surface area contributed by atoms with Gasteiger partial charge in [-0.15, -0.1) is 0 Å². The molecule has 1 aromatic carbocycles. The minimum atomic E-state index is -0.890. The van der Waals surface area contributed by atoms with E-state index in [1.165, 1.54) is 11.8 Å². The quantitative estimate of drug-likeness (QED) is 0.798. The molecule has 1 rings (SSSR count). The van der Waals surface area contributed by atoms with Crippen LogP contribution in [0.5, 0.6) is 5.75 Å². The highest BCUT2D eigenvalue weighted by Crippen LogP contribution is 2.12. The maximum atomic E-state index is 11.6. The van der Waals surface area contributed by atoms with Crippen molar-refractivity contribution in [1.29, 1.82) is 0 Å². The Kier molecular flexibility index (Phi) is 6.18. The first kappa shape index (κ1) is 15.9. The lowest BCUT2D eigenvalue weighted by Crippen LogP contribution is -2.43. The molecule has 0 aliphatic carbocycles. The lowest BCUT2D eigenvalue weighted by atomic mass is 10.1. The van der Waals surface area contributed by atoms with Crippen LogP contribution in [0.25, 0.3) is 0 Å². The van der Waals surface area contributed by atoms with Gasteiger partial charge in [-0.3, -0.25) is 4.79 Å². The highest BCUT2D eigenvalue weighted by Gasteiger charge is 2.20. The van der Waals surface area contributed by atoms with E-state index in [0.717, 1.165) is 5.56 Å². The predicted octanol–water partition coefficient (Wildman–Crippen LogP) is 1.60. The average Bonchev–Trinajstić information content (AvgIpc) is 2.34. The van der Waals surface area contributed by atoms with Crippen LogP contribution in [0.1, 0.15) is 12.5 Å². The summed E-state index contributed by atoms with van der Waals surface area (Å²) in [6.07, 6.45) is 1.91. The van der Waals surface area contributed by atoms with Crippen molar-refractivity contribution in [2.75, 3.05) is 25.2 Å². The minimum absolute atomic E-state index is 0.0429. The molecule has 0 aliphatic heterocycles. The van der Waals surface area contributed by atoms with Crippen LogP contribution in [-0.2, 0) is 4.79 Å². The number of benzene rings is 1. The number of thioether (sulfide) groups is 1. The molecule has 1 atom stereocenters. The molecule has 0 heterocycles. The SMILES string of the molecule is CSC[C@@](C)(O)CNC(=O)COc1cccc(C)c1. The summed E-state index contributed by atoms with van der Waals surface area (Å²) >= 11 is 1.54. The number of ether oxygens (including phenoxy) is 1. The Morgan fingerprint density at radius 2 is 2.26 bits per heavy atom. The van der Waals surface area contributed by atoms with E-state index < -0.39 is 5.60 Å². The van der Waals surface area contributed by atoms with Crippen LogP contribution in [0.4, 0.5) is 0 Å². The molecule has 0 aromatic heterocycles. The molecular weight excluding hydrogens is 262 g/mol. The monoisotopic (exact) mass is 283 g/mol. The first-order valence-electron chi connectivity index (χ1n) is 6.10. The van der Waals surface area contributed by atoms with Crippen molar-refractivity contribution in [2.24, 2.45) is 0 Å². The van der Waals surface area contributed by atoms with Gasteiger partial charge in [0.05, 0.1) is 5.60 Å². The molecule has 4 nitrogen and oxygen atoms in total. The maximum absolute atomic E-state index is 11.6. The maximum Gasteiger partial charge on any atom is 0.258 e. The normalized spacial score (nSPS) is 13.7. The van der Waals surface area contributed by atoms with Crippen molar-refractivity contribution in [2.45, 2.75) is 19.4 Å². The Bertz CT molecular complexity index is 421. The molecule has 1 amide bonds. The van der Waals surface area contributed by atoms with Gasteiger partial charge in [-0.05, 0) is 37.8 Å². The van der Waals surface area contributed by atoms with Crippen LogP contribution in [0.3, 0.4) is 0 Å². The van der Waals surface area contributed by atoms with Gasteiger partial charge in [0.1, 0.15) is 5.75 Å². The van der Waals surface area contributed by atoms with Gasteiger partial charge in [0.25, 0.3) is 5.91 Å². The van der Waals surface area contributed by atoms with Crippen LogP contribution in [-0.4, -0.2) is 41.8 Å². The average molecular weight is 283 g/mol. The largest absolute Gasteiger partial charge is 0.484 e. The predicted molar refractivity (Wildman–Crippen MR) is 78.7 cm³/mol. The van der Waals surface area contributed by atoms with Crippen molar-refractivity contribution in [3.63, 3.8) is 0 Å². The molecule has 0 unspecified atom stereocenters. The first-order valence-corrected chi connectivity index (χ1v) is 7.50. The van der Waals surface area contributed by atoms with Crippen LogP contribution < -0.4 is 10.1 Å². The smallest absolute Gasteiger partial charge is 0.258 e. The molecule has 0 bridgehead atoms. The standard InChI is InChI=1S/C14H21NO3S/c1-11-5-4-6-12(7-11)18-8-13(16)15-9-14(2,17)10-19-3/h4-7,17H,8-10H2,1-3H3,(H,15,16)/t14-/m0/s1. The number of amides is 1. The molecule has 5 heteroatoms. The van der Waals surface area contributed by atoms with Gasteiger partial charge in [-0.25, -0.2) is 0 Å². The lowest BCUT2D eigenvalue weighted by Gasteiger charge is -2.22. The van der Waals surface area contributed by atoms with Crippen molar-refractivity contribution in [1.82, 2.24) is 5.32 Å². The number of rotatable bonds is 7. The van der Waals surface area contributed by atoms with Gasteiger partial charge in [-0.2, -0.15) is 11.8 Å². The molecule has 0 fully saturated rings. The molecule has 19 heavy (non-hydrogen) atoms. The molecule has 0 saturated heterocycles. The minimum Gasteiger partial charge on any atom is -0.484 e. The molecular formula is C14H21NO3S. The van der Waals surface area contributed by atoms with Crippen LogP contribution in [0.2, 0.25) is 0 Å². The van der Waals surface area contributed by atoms with Crippen molar-refractivity contribution >= 4 is 17.7 Å². The van der Waals surface area contributed by atoms with Crippen molar-refractivity contribution in [3.05, 3.63) is 29.8 Å². The van der Waals surface area contributed by atoms with E-state index in [4.69, 9.17) is 4.74 Å². The zero-order chi connectivity index (χ0) is 14.3. The summed E-state index contributed by atoms with van der Waals surface area (Å²) in [4.78, 5) is 11.6. The van der Waals surface area contributed by atoms with E-state index in [1.807, 2.05) is 37.4 Å². The number of carbonyl (C=O) groups is 1. The van der Waals surface area contributed by atoms with E-state index >= 15 is 0 Å². The zero-order valence-corrected chi connectivity index (χ0v) is 12.4. The third-order valence-corrected chi connectivity index (χ3v) is 3.39. The Morgan fingerprint density at radius 3 is 2.89 bits per heavy atom. The highest BCUT2D eigenvalue weighted by atomic mass is 32.2. The van der Waals surface area contributed by atoms with Crippen LogP contribution in [0.15, 0.2) is 24.3 Å². The number of aliphatic hydroxyl groups is 1. The topological polar surface area (TPSA) is 58.6 Å². The fourth-order valence-corrected chi connectivity index (χ4v) is 2.28. The molecule has 0 spiro atoms. The van der Waals surface area contributed by atoms with Gasteiger partial charge in [-0.1, -0.05) is 12.1 Å². The summed E-state index contributed by atoms with van der Waals surface area (Å²) in [5, 5.41) is 12.6. The van der Waals surface area contributed by atoms with Gasteiger partial charge in [0.2, 0.25) is 0 Å². The van der Waals surface area contributed by atoms with E-state index in [-0.39, 0.29) is 19.1 Å². The lowest BCUT2D eigenvalue weighted by molar-refractivity contribution is -0.124. The summed E-state index contributed by atoms with van der Waals surface area (Å²) in [6, 6.07) is 7.53. The second-order valence-electron chi connectivity index (χ2n) is 4.81. The summed E-state index contributed by atoms with van der Waals surface area (Å²) in [5.74, 6) is 1.01. The molecule has 2 N–H and O–H groups in total. The summed E-state index contributed by atoms with van der Waals surface area (Å²) in [6.45, 7) is 3.85. The van der Waals surface area contributed by atoms with Gasteiger partial charge in [0, 0.05) is 12.3 Å². The number of aryl methyl sites for hydroxylation is 1. The van der Waals surface area contributed by atoms with Crippen molar-refractivity contribution < 1.29 is 14.6 Å². The fraction of sp³-hybridized carbons (Fsp3) is 0.500. The van der Waals surface area contributed by atoms with E-state index in [2.05, 4.69) is 5.32 Å². The third-order valence-electron chi connectivity index (χ3n) is 2.48. The second-order valence-corrected chi connectivity index (χ2v) is 5.68. The Hall–Kier alpha value is -1.20. The van der Waals surface area contributed by atoms with E-state index in [0.29, 0.717) is 11.5 Å². The third kappa shape index (κ3) is 6.50. The highest BCUT2D eigenvalue weighted by molar-refractivity contribution is 7.98. The fourth-order valence-electron chi connectivity index (χ4n) is 1.56. The number of hydrogen-bond donors (Lipinski definition) is 2. The van der Waals surface area contributed by atoms with Gasteiger partial charge in [0.15, 0.2) is 6.61 Å². The Labute approximate surface area is 118 Å². The van der Waals surface area contributed by atoms with Crippen LogP contribution >= 0.6 is 11.8 Å².